The topological polar surface area (TPSA) is 46.2 Å². The van der Waals surface area contributed by atoms with Gasteiger partial charge in [0.25, 0.3) is 0 Å². The molecular formula is C17H21NO. The molecule has 1 atom stereocenters. The van der Waals surface area contributed by atoms with Crippen LogP contribution in [0.15, 0.2) is 54.6 Å². The standard InChI is InChI=1S/C17H21NO/c1-2-14-8-10-15(11-9-14)12-17(19,13-18)16-6-4-3-5-7-16/h3-11,19H,2,12-13,18H2,1H3. The fraction of sp³-hybridized carbons (Fsp3) is 0.294. The van der Waals surface area contributed by atoms with Crippen LogP contribution in [0.3, 0.4) is 0 Å². The van der Waals surface area contributed by atoms with Gasteiger partial charge >= 0.3 is 0 Å². The molecule has 0 heterocycles. The molecule has 0 saturated carbocycles. The average molecular weight is 255 g/mol. The molecule has 2 aromatic carbocycles. The van der Waals surface area contributed by atoms with Crippen molar-refractivity contribution < 1.29 is 5.11 Å². The monoisotopic (exact) mass is 255 g/mol. The largest absolute Gasteiger partial charge is 0.383 e. The van der Waals surface area contributed by atoms with E-state index in [1.807, 2.05) is 30.3 Å². The van der Waals surface area contributed by atoms with Crippen LogP contribution in [0, 0.1) is 0 Å². The smallest absolute Gasteiger partial charge is 0.106 e. The van der Waals surface area contributed by atoms with Gasteiger partial charge in [-0.2, -0.15) is 0 Å². The molecule has 0 spiro atoms. The maximum atomic E-state index is 10.7. The van der Waals surface area contributed by atoms with E-state index in [-0.39, 0.29) is 6.54 Å². The maximum Gasteiger partial charge on any atom is 0.106 e. The highest BCUT2D eigenvalue weighted by atomic mass is 16.3. The molecule has 0 aliphatic rings. The summed E-state index contributed by atoms with van der Waals surface area (Å²) in [5.74, 6) is 0. The summed E-state index contributed by atoms with van der Waals surface area (Å²) in [6.07, 6.45) is 1.57. The molecule has 2 rings (SSSR count). The lowest BCUT2D eigenvalue weighted by Gasteiger charge is -2.27. The zero-order chi connectivity index (χ0) is 13.7. The third-order valence-corrected chi connectivity index (χ3v) is 3.58. The molecular weight excluding hydrogens is 234 g/mol. The van der Waals surface area contributed by atoms with Gasteiger partial charge in [-0.1, -0.05) is 61.5 Å². The van der Waals surface area contributed by atoms with Crippen LogP contribution >= 0.6 is 0 Å². The molecule has 0 bridgehead atoms. The highest BCUT2D eigenvalue weighted by molar-refractivity contribution is 5.29. The van der Waals surface area contributed by atoms with Gasteiger partial charge in [0.05, 0.1) is 0 Å². The zero-order valence-corrected chi connectivity index (χ0v) is 11.3. The molecule has 3 N–H and O–H groups in total. The average Bonchev–Trinajstić information content (AvgIpc) is 2.49. The predicted molar refractivity (Wildman–Crippen MR) is 78.9 cm³/mol. The maximum absolute atomic E-state index is 10.7. The molecule has 2 nitrogen and oxygen atoms in total. The summed E-state index contributed by atoms with van der Waals surface area (Å²) in [7, 11) is 0. The lowest BCUT2D eigenvalue weighted by molar-refractivity contribution is 0.0463. The highest BCUT2D eigenvalue weighted by Crippen LogP contribution is 2.24. The van der Waals surface area contributed by atoms with Crippen LogP contribution in [0.5, 0.6) is 0 Å². The summed E-state index contributed by atoms with van der Waals surface area (Å²) < 4.78 is 0. The van der Waals surface area contributed by atoms with E-state index in [1.54, 1.807) is 0 Å². The van der Waals surface area contributed by atoms with E-state index < -0.39 is 5.60 Å². The van der Waals surface area contributed by atoms with Crippen molar-refractivity contribution in [3.05, 3.63) is 71.3 Å². The van der Waals surface area contributed by atoms with Crippen LogP contribution in [0.2, 0.25) is 0 Å². The Morgan fingerprint density at radius 2 is 1.53 bits per heavy atom. The van der Waals surface area contributed by atoms with E-state index >= 15 is 0 Å². The number of aryl methyl sites for hydroxylation is 1. The molecule has 0 fully saturated rings. The first-order valence-electron chi connectivity index (χ1n) is 6.74. The van der Waals surface area contributed by atoms with Crippen LogP contribution in [-0.2, 0) is 18.4 Å². The van der Waals surface area contributed by atoms with Gasteiger partial charge in [-0.3, -0.25) is 0 Å². The fourth-order valence-electron chi connectivity index (χ4n) is 2.27. The number of hydrogen-bond acceptors (Lipinski definition) is 2. The molecule has 0 saturated heterocycles. The van der Waals surface area contributed by atoms with Crippen molar-refractivity contribution in [1.82, 2.24) is 0 Å². The van der Waals surface area contributed by atoms with Crippen molar-refractivity contribution in [2.45, 2.75) is 25.4 Å². The molecule has 1 unspecified atom stereocenters. The lowest BCUT2D eigenvalue weighted by atomic mass is 9.87. The van der Waals surface area contributed by atoms with Crippen molar-refractivity contribution in [2.75, 3.05) is 6.54 Å². The Morgan fingerprint density at radius 1 is 0.947 bits per heavy atom. The Morgan fingerprint density at radius 3 is 2.05 bits per heavy atom. The molecule has 0 amide bonds. The Labute approximate surface area is 114 Å². The fourth-order valence-corrected chi connectivity index (χ4v) is 2.27. The van der Waals surface area contributed by atoms with Crippen LogP contribution in [0.4, 0.5) is 0 Å². The number of hydrogen-bond donors (Lipinski definition) is 2. The molecule has 2 aromatic rings. The van der Waals surface area contributed by atoms with Gasteiger partial charge in [-0.15, -0.1) is 0 Å². The normalized spacial score (nSPS) is 14.1. The van der Waals surface area contributed by atoms with Crippen LogP contribution < -0.4 is 5.73 Å². The molecule has 2 heteroatoms. The Balaban J connectivity index is 2.22. The summed E-state index contributed by atoms with van der Waals surface area (Å²) >= 11 is 0. The predicted octanol–water partition coefficient (Wildman–Crippen LogP) is 2.64. The van der Waals surface area contributed by atoms with Crippen molar-refractivity contribution >= 4 is 0 Å². The van der Waals surface area contributed by atoms with Crippen LogP contribution in [0.25, 0.3) is 0 Å². The van der Waals surface area contributed by atoms with Crippen molar-refractivity contribution in [3.63, 3.8) is 0 Å². The van der Waals surface area contributed by atoms with E-state index in [9.17, 15) is 5.11 Å². The Bertz CT molecular complexity index is 507. The lowest BCUT2D eigenvalue weighted by Crippen LogP contribution is -2.37. The Hall–Kier alpha value is -1.64. The summed E-state index contributed by atoms with van der Waals surface area (Å²) in [5.41, 5.74) is 8.09. The van der Waals surface area contributed by atoms with E-state index in [4.69, 9.17) is 5.73 Å². The minimum absolute atomic E-state index is 0.215. The molecule has 19 heavy (non-hydrogen) atoms. The van der Waals surface area contributed by atoms with Crippen LogP contribution in [-0.4, -0.2) is 11.7 Å². The van der Waals surface area contributed by atoms with Crippen molar-refractivity contribution in [3.8, 4) is 0 Å². The molecule has 0 aliphatic heterocycles. The van der Waals surface area contributed by atoms with Gasteiger partial charge in [0, 0.05) is 13.0 Å². The third-order valence-electron chi connectivity index (χ3n) is 3.58. The summed E-state index contributed by atoms with van der Waals surface area (Å²) in [5, 5.41) is 10.7. The van der Waals surface area contributed by atoms with E-state index in [2.05, 4.69) is 31.2 Å². The molecule has 0 aromatic heterocycles. The zero-order valence-electron chi connectivity index (χ0n) is 11.3. The second-order valence-electron chi connectivity index (χ2n) is 4.95. The Kier molecular flexibility index (Phi) is 4.35. The minimum atomic E-state index is -0.991. The number of nitrogens with two attached hydrogens (primary N) is 1. The second-order valence-corrected chi connectivity index (χ2v) is 4.95. The van der Waals surface area contributed by atoms with E-state index in [0.29, 0.717) is 6.42 Å². The van der Waals surface area contributed by atoms with Gasteiger partial charge in [0.15, 0.2) is 0 Å². The van der Waals surface area contributed by atoms with Gasteiger partial charge in [0.2, 0.25) is 0 Å². The molecule has 0 aliphatic carbocycles. The molecule has 0 radical (unpaired) electrons. The summed E-state index contributed by atoms with van der Waals surface area (Å²) in [6, 6.07) is 18.0. The SMILES string of the molecule is CCc1ccc(CC(O)(CN)c2ccccc2)cc1. The highest BCUT2D eigenvalue weighted by Gasteiger charge is 2.27. The summed E-state index contributed by atoms with van der Waals surface area (Å²) in [4.78, 5) is 0. The summed E-state index contributed by atoms with van der Waals surface area (Å²) in [6.45, 7) is 2.35. The first-order chi connectivity index (χ1) is 9.18. The quantitative estimate of drug-likeness (QED) is 0.862. The van der Waals surface area contributed by atoms with Crippen molar-refractivity contribution in [2.24, 2.45) is 5.73 Å². The van der Waals surface area contributed by atoms with E-state index in [1.165, 1.54) is 5.56 Å². The third kappa shape index (κ3) is 3.22. The number of aliphatic hydroxyl groups is 1. The first-order valence-corrected chi connectivity index (χ1v) is 6.74. The molecule has 100 valence electrons. The van der Waals surface area contributed by atoms with Gasteiger partial charge in [-0.25, -0.2) is 0 Å². The van der Waals surface area contributed by atoms with Gasteiger partial charge in [0.1, 0.15) is 5.60 Å². The van der Waals surface area contributed by atoms with Gasteiger partial charge in [-0.05, 0) is 23.1 Å². The van der Waals surface area contributed by atoms with Gasteiger partial charge < -0.3 is 10.8 Å². The first kappa shape index (κ1) is 13.8. The number of rotatable bonds is 5. The number of benzene rings is 2. The van der Waals surface area contributed by atoms with Crippen molar-refractivity contribution in [1.29, 1.82) is 0 Å². The van der Waals surface area contributed by atoms with Crippen LogP contribution in [0.1, 0.15) is 23.6 Å². The minimum Gasteiger partial charge on any atom is -0.383 e. The van der Waals surface area contributed by atoms with E-state index in [0.717, 1.165) is 17.5 Å². The second kappa shape index (κ2) is 6.00.